The van der Waals surface area contributed by atoms with Crippen molar-refractivity contribution in [1.82, 2.24) is 9.78 Å². The molecule has 0 atom stereocenters. The van der Waals surface area contributed by atoms with Gasteiger partial charge < -0.3 is 0 Å². The normalized spacial score (nSPS) is 10.7. The minimum Gasteiger partial charge on any atom is -0.268 e. The molecular formula is C18H18N2. The first-order chi connectivity index (χ1) is 9.72. The van der Waals surface area contributed by atoms with Crippen LogP contribution in [0.1, 0.15) is 16.7 Å². The van der Waals surface area contributed by atoms with E-state index in [4.69, 9.17) is 0 Å². The summed E-state index contributed by atoms with van der Waals surface area (Å²) in [6.07, 6.45) is 4.04. The summed E-state index contributed by atoms with van der Waals surface area (Å²) in [5, 5.41) is 4.47. The van der Waals surface area contributed by atoms with Crippen LogP contribution in [0.2, 0.25) is 0 Å². The van der Waals surface area contributed by atoms with E-state index in [2.05, 4.69) is 73.7 Å². The van der Waals surface area contributed by atoms with Crippen molar-refractivity contribution in [2.24, 2.45) is 0 Å². The standard InChI is InChI=1S/C18H18N2/c1-14-7-9-16(10-8-14)18-11-19-20(13-18)12-17-6-4-3-5-15(17)2/h3-11,13H,12H2,1-2H3. The van der Waals surface area contributed by atoms with Gasteiger partial charge in [0.05, 0.1) is 12.7 Å². The fraction of sp³-hybridized carbons (Fsp3) is 0.167. The average molecular weight is 262 g/mol. The van der Waals surface area contributed by atoms with E-state index in [1.807, 2.05) is 10.9 Å². The highest BCUT2D eigenvalue weighted by Gasteiger charge is 2.03. The zero-order chi connectivity index (χ0) is 13.9. The van der Waals surface area contributed by atoms with Gasteiger partial charge >= 0.3 is 0 Å². The first-order valence-electron chi connectivity index (χ1n) is 6.86. The van der Waals surface area contributed by atoms with E-state index in [0.29, 0.717) is 0 Å². The number of benzene rings is 2. The molecule has 100 valence electrons. The minimum absolute atomic E-state index is 0.818. The first kappa shape index (κ1) is 12.7. The molecule has 0 aliphatic heterocycles. The van der Waals surface area contributed by atoms with E-state index in [9.17, 15) is 0 Å². The monoisotopic (exact) mass is 262 g/mol. The molecule has 0 saturated heterocycles. The van der Waals surface area contributed by atoms with Gasteiger partial charge in [0.15, 0.2) is 0 Å². The molecule has 0 amide bonds. The second-order valence-corrected chi connectivity index (χ2v) is 5.22. The molecule has 0 aliphatic carbocycles. The number of nitrogens with zero attached hydrogens (tertiary/aromatic N) is 2. The Balaban J connectivity index is 1.84. The van der Waals surface area contributed by atoms with Crippen molar-refractivity contribution < 1.29 is 0 Å². The predicted octanol–water partition coefficient (Wildman–Crippen LogP) is 4.22. The van der Waals surface area contributed by atoms with Gasteiger partial charge in [0.1, 0.15) is 0 Å². The Morgan fingerprint density at radius 2 is 1.65 bits per heavy atom. The molecule has 0 aliphatic rings. The Bertz CT molecular complexity index is 708. The molecule has 1 aromatic heterocycles. The van der Waals surface area contributed by atoms with E-state index < -0.39 is 0 Å². The van der Waals surface area contributed by atoms with Crippen LogP contribution in [0, 0.1) is 13.8 Å². The topological polar surface area (TPSA) is 17.8 Å². The maximum Gasteiger partial charge on any atom is 0.0662 e. The van der Waals surface area contributed by atoms with E-state index in [-0.39, 0.29) is 0 Å². The summed E-state index contributed by atoms with van der Waals surface area (Å²) in [5.74, 6) is 0. The van der Waals surface area contributed by atoms with E-state index in [1.165, 1.54) is 27.8 Å². The fourth-order valence-electron chi connectivity index (χ4n) is 2.31. The van der Waals surface area contributed by atoms with Crippen LogP contribution in [0.4, 0.5) is 0 Å². The highest BCUT2D eigenvalue weighted by atomic mass is 15.3. The van der Waals surface area contributed by atoms with Crippen LogP contribution in [0.25, 0.3) is 11.1 Å². The second-order valence-electron chi connectivity index (χ2n) is 5.22. The van der Waals surface area contributed by atoms with Gasteiger partial charge in [0.25, 0.3) is 0 Å². The summed E-state index contributed by atoms with van der Waals surface area (Å²) in [5.41, 5.74) is 6.28. The predicted molar refractivity (Wildman–Crippen MR) is 82.7 cm³/mol. The second kappa shape index (κ2) is 5.33. The SMILES string of the molecule is Cc1ccc(-c2cnn(Cc3ccccc3C)c2)cc1. The van der Waals surface area contributed by atoms with Crippen molar-refractivity contribution >= 4 is 0 Å². The van der Waals surface area contributed by atoms with Crippen LogP contribution in [0.3, 0.4) is 0 Å². The number of hydrogen-bond donors (Lipinski definition) is 0. The molecular weight excluding hydrogens is 244 g/mol. The number of aryl methyl sites for hydroxylation is 2. The Kier molecular flexibility index (Phi) is 3.38. The minimum atomic E-state index is 0.818. The average Bonchev–Trinajstić information content (AvgIpc) is 2.91. The summed E-state index contributed by atoms with van der Waals surface area (Å²) in [4.78, 5) is 0. The molecule has 0 unspecified atom stereocenters. The molecule has 0 spiro atoms. The first-order valence-corrected chi connectivity index (χ1v) is 6.86. The Morgan fingerprint density at radius 3 is 2.40 bits per heavy atom. The molecule has 3 rings (SSSR count). The zero-order valence-electron chi connectivity index (χ0n) is 11.9. The third-order valence-corrected chi connectivity index (χ3v) is 3.61. The molecule has 20 heavy (non-hydrogen) atoms. The summed E-state index contributed by atoms with van der Waals surface area (Å²) < 4.78 is 2.00. The number of hydrogen-bond acceptors (Lipinski definition) is 1. The zero-order valence-corrected chi connectivity index (χ0v) is 11.9. The number of aromatic nitrogens is 2. The van der Waals surface area contributed by atoms with Crippen LogP contribution in [-0.4, -0.2) is 9.78 Å². The van der Waals surface area contributed by atoms with Gasteiger partial charge in [0.2, 0.25) is 0 Å². The van der Waals surface area contributed by atoms with Crippen molar-refractivity contribution in [2.45, 2.75) is 20.4 Å². The van der Waals surface area contributed by atoms with Gasteiger partial charge in [-0.1, -0.05) is 54.1 Å². The summed E-state index contributed by atoms with van der Waals surface area (Å²) in [7, 11) is 0. The van der Waals surface area contributed by atoms with Gasteiger partial charge in [-0.2, -0.15) is 5.10 Å². The molecule has 0 saturated carbocycles. The third-order valence-electron chi connectivity index (χ3n) is 3.61. The maximum absolute atomic E-state index is 4.47. The molecule has 0 fully saturated rings. The largest absolute Gasteiger partial charge is 0.268 e. The van der Waals surface area contributed by atoms with Gasteiger partial charge in [-0.3, -0.25) is 4.68 Å². The molecule has 0 bridgehead atoms. The Morgan fingerprint density at radius 1 is 0.900 bits per heavy atom. The quantitative estimate of drug-likeness (QED) is 0.691. The van der Waals surface area contributed by atoms with Gasteiger partial charge in [-0.15, -0.1) is 0 Å². The van der Waals surface area contributed by atoms with E-state index >= 15 is 0 Å². The van der Waals surface area contributed by atoms with Crippen molar-refractivity contribution in [2.75, 3.05) is 0 Å². The van der Waals surface area contributed by atoms with Crippen molar-refractivity contribution in [1.29, 1.82) is 0 Å². The fourth-order valence-corrected chi connectivity index (χ4v) is 2.31. The van der Waals surface area contributed by atoms with Gasteiger partial charge in [-0.05, 0) is 30.5 Å². The summed E-state index contributed by atoms with van der Waals surface area (Å²) in [6.45, 7) is 5.06. The van der Waals surface area contributed by atoms with E-state index in [0.717, 1.165) is 6.54 Å². The highest BCUT2D eigenvalue weighted by Crippen LogP contribution is 2.19. The Hall–Kier alpha value is -2.35. The van der Waals surface area contributed by atoms with Crippen LogP contribution < -0.4 is 0 Å². The summed E-state index contributed by atoms with van der Waals surface area (Å²) >= 11 is 0. The van der Waals surface area contributed by atoms with E-state index in [1.54, 1.807) is 0 Å². The third kappa shape index (κ3) is 2.64. The Labute approximate surface area is 119 Å². The van der Waals surface area contributed by atoms with Crippen LogP contribution in [-0.2, 0) is 6.54 Å². The maximum atomic E-state index is 4.47. The molecule has 0 radical (unpaired) electrons. The lowest BCUT2D eigenvalue weighted by atomic mass is 10.1. The van der Waals surface area contributed by atoms with Crippen molar-refractivity contribution in [3.8, 4) is 11.1 Å². The van der Waals surface area contributed by atoms with Gasteiger partial charge in [0, 0.05) is 11.8 Å². The van der Waals surface area contributed by atoms with Crippen LogP contribution in [0.15, 0.2) is 60.9 Å². The van der Waals surface area contributed by atoms with Crippen LogP contribution in [0.5, 0.6) is 0 Å². The molecule has 2 nitrogen and oxygen atoms in total. The molecule has 0 N–H and O–H groups in total. The lowest BCUT2D eigenvalue weighted by Crippen LogP contribution is -2.01. The van der Waals surface area contributed by atoms with Crippen LogP contribution >= 0.6 is 0 Å². The van der Waals surface area contributed by atoms with Crippen molar-refractivity contribution in [3.05, 3.63) is 77.6 Å². The molecule has 3 aromatic rings. The highest BCUT2D eigenvalue weighted by molar-refractivity contribution is 5.61. The summed E-state index contributed by atoms with van der Waals surface area (Å²) in [6, 6.07) is 17.0. The lowest BCUT2D eigenvalue weighted by Gasteiger charge is -2.05. The smallest absolute Gasteiger partial charge is 0.0662 e. The molecule has 2 heteroatoms. The molecule has 2 aromatic carbocycles. The van der Waals surface area contributed by atoms with Gasteiger partial charge in [-0.25, -0.2) is 0 Å². The number of rotatable bonds is 3. The lowest BCUT2D eigenvalue weighted by molar-refractivity contribution is 0.684. The molecule has 1 heterocycles. The van der Waals surface area contributed by atoms with Crippen molar-refractivity contribution in [3.63, 3.8) is 0 Å².